The standard InChI is InChI=1S/C17H22N2O2/c1-10-5-6-12(9-17(10)19(20)21)18-16-8-11-7-15(16)14-4-2-3-13(11)14/h5-6,9,11,13-16,18H,2-4,7-8H2,1H3. The van der Waals surface area contributed by atoms with Crippen molar-refractivity contribution in [2.24, 2.45) is 23.7 Å². The lowest BCUT2D eigenvalue weighted by Gasteiger charge is -2.32. The molecule has 21 heavy (non-hydrogen) atoms. The molecule has 2 bridgehead atoms. The van der Waals surface area contributed by atoms with Crippen LogP contribution >= 0.6 is 0 Å². The first-order chi connectivity index (χ1) is 10.1. The SMILES string of the molecule is Cc1ccc(NC2CC3CC2C2CCCC32)cc1[N+](=O)[O-]. The van der Waals surface area contributed by atoms with Crippen molar-refractivity contribution in [1.29, 1.82) is 0 Å². The van der Waals surface area contributed by atoms with Gasteiger partial charge in [0.25, 0.3) is 5.69 Å². The molecular formula is C17H22N2O2. The van der Waals surface area contributed by atoms with Crippen molar-refractivity contribution >= 4 is 11.4 Å². The van der Waals surface area contributed by atoms with Gasteiger partial charge in [-0.1, -0.05) is 12.5 Å². The van der Waals surface area contributed by atoms with E-state index in [1.165, 1.54) is 32.1 Å². The predicted molar refractivity (Wildman–Crippen MR) is 82.3 cm³/mol. The minimum atomic E-state index is -0.283. The van der Waals surface area contributed by atoms with Crippen molar-refractivity contribution in [2.75, 3.05) is 5.32 Å². The van der Waals surface area contributed by atoms with E-state index in [1.807, 2.05) is 12.1 Å². The highest BCUT2D eigenvalue weighted by Crippen LogP contribution is 2.59. The number of benzene rings is 1. The molecule has 5 unspecified atom stereocenters. The van der Waals surface area contributed by atoms with Crippen LogP contribution in [-0.4, -0.2) is 11.0 Å². The Labute approximate surface area is 125 Å². The van der Waals surface area contributed by atoms with Gasteiger partial charge in [-0.15, -0.1) is 0 Å². The lowest BCUT2D eigenvalue weighted by molar-refractivity contribution is -0.385. The second kappa shape index (κ2) is 4.72. The van der Waals surface area contributed by atoms with E-state index < -0.39 is 0 Å². The summed E-state index contributed by atoms with van der Waals surface area (Å²) in [5.41, 5.74) is 1.87. The van der Waals surface area contributed by atoms with Crippen LogP contribution in [-0.2, 0) is 0 Å². The molecule has 0 amide bonds. The molecule has 112 valence electrons. The second-order valence-electron chi connectivity index (χ2n) is 7.16. The number of nitro groups is 1. The summed E-state index contributed by atoms with van der Waals surface area (Å²) in [6, 6.07) is 6.07. The van der Waals surface area contributed by atoms with Crippen molar-refractivity contribution in [3.05, 3.63) is 33.9 Å². The summed E-state index contributed by atoms with van der Waals surface area (Å²) < 4.78 is 0. The van der Waals surface area contributed by atoms with Crippen LogP contribution in [0.5, 0.6) is 0 Å². The Morgan fingerprint density at radius 3 is 2.81 bits per heavy atom. The van der Waals surface area contributed by atoms with Gasteiger partial charge in [0.2, 0.25) is 0 Å². The van der Waals surface area contributed by atoms with E-state index in [4.69, 9.17) is 0 Å². The Kier molecular flexibility index (Phi) is 2.95. The molecule has 0 aliphatic heterocycles. The molecule has 3 aliphatic rings. The van der Waals surface area contributed by atoms with Crippen LogP contribution in [0.25, 0.3) is 0 Å². The van der Waals surface area contributed by atoms with Crippen LogP contribution in [0.15, 0.2) is 18.2 Å². The first-order valence-electron chi connectivity index (χ1n) is 8.15. The summed E-state index contributed by atoms with van der Waals surface area (Å²) in [4.78, 5) is 10.8. The van der Waals surface area contributed by atoms with Crippen molar-refractivity contribution in [2.45, 2.75) is 45.1 Å². The third kappa shape index (κ3) is 2.03. The van der Waals surface area contributed by atoms with Gasteiger partial charge in [-0.3, -0.25) is 10.1 Å². The molecule has 0 heterocycles. The predicted octanol–water partition coefficient (Wildman–Crippen LogP) is 4.14. The molecule has 0 aromatic heterocycles. The molecule has 4 nitrogen and oxygen atoms in total. The third-order valence-electron chi connectivity index (χ3n) is 6.19. The van der Waals surface area contributed by atoms with E-state index in [9.17, 15) is 10.1 Å². The Bertz CT molecular complexity index is 586. The van der Waals surface area contributed by atoms with Gasteiger partial charge in [0, 0.05) is 23.4 Å². The normalized spacial score (nSPS) is 36.7. The Balaban J connectivity index is 1.52. The topological polar surface area (TPSA) is 55.2 Å². The van der Waals surface area contributed by atoms with Gasteiger partial charge >= 0.3 is 0 Å². The average Bonchev–Trinajstić information content (AvgIpc) is 3.12. The molecule has 0 radical (unpaired) electrons. The quantitative estimate of drug-likeness (QED) is 0.671. The zero-order chi connectivity index (χ0) is 14.6. The van der Waals surface area contributed by atoms with Crippen LogP contribution in [0, 0.1) is 40.7 Å². The molecule has 4 heteroatoms. The summed E-state index contributed by atoms with van der Waals surface area (Å²) in [6.07, 6.45) is 6.88. The van der Waals surface area contributed by atoms with Crippen LogP contribution in [0.2, 0.25) is 0 Å². The van der Waals surface area contributed by atoms with E-state index in [-0.39, 0.29) is 10.6 Å². The van der Waals surface area contributed by atoms with E-state index in [1.54, 1.807) is 13.0 Å². The number of nitro benzene ring substituents is 1. The smallest absolute Gasteiger partial charge is 0.274 e. The number of hydrogen-bond donors (Lipinski definition) is 1. The first kappa shape index (κ1) is 13.1. The Morgan fingerprint density at radius 2 is 2.00 bits per heavy atom. The van der Waals surface area contributed by atoms with Crippen LogP contribution in [0.1, 0.15) is 37.7 Å². The molecule has 0 saturated heterocycles. The summed E-state index contributed by atoms with van der Waals surface area (Å²) in [5, 5.41) is 14.7. The Hall–Kier alpha value is -1.58. The van der Waals surface area contributed by atoms with E-state index in [2.05, 4.69) is 5.32 Å². The molecule has 3 fully saturated rings. The summed E-state index contributed by atoms with van der Waals surface area (Å²) >= 11 is 0. The average molecular weight is 286 g/mol. The number of fused-ring (bicyclic) bond motifs is 5. The largest absolute Gasteiger partial charge is 0.382 e. The van der Waals surface area contributed by atoms with Crippen LogP contribution in [0.4, 0.5) is 11.4 Å². The van der Waals surface area contributed by atoms with Crippen LogP contribution < -0.4 is 5.32 Å². The van der Waals surface area contributed by atoms with Gasteiger partial charge in [-0.05, 0) is 62.3 Å². The van der Waals surface area contributed by atoms with Crippen molar-refractivity contribution in [3.63, 3.8) is 0 Å². The molecule has 0 spiro atoms. The molecule has 1 aromatic carbocycles. The summed E-state index contributed by atoms with van der Waals surface area (Å²) in [7, 11) is 0. The molecule has 1 N–H and O–H groups in total. The number of nitrogens with one attached hydrogen (secondary N) is 1. The molecule has 1 aromatic rings. The fourth-order valence-corrected chi connectivity index (χ4v) is 5.34. The zero-order valence-electron chi connectivity index (χ0n) is 12.4. The maximum Gasteiger partial charge on any atom is 0.274 e. The fraction of sp³-hybridized carbons (Fsp3) is 0.647. The highest BCUT2D eigenvalue weighted by atomic mass is 16.6. The van der Waals surface area contributed by atoms with Crippen molar-refractivity contribution in [1.82, 2.24) is 0 Å². The summed E-state index contributed by atoms with van der Waals surface area (Å²) in [5.74, 6) is 3.60. The second-order valence-corrected chi connectivity index (χ2v) is 7.16. The Morgan fingerprint density at radius 1 is 1.19 bits per heavy atom. The van der Waals surface area contributed by atoms with Crippen molar-refractivity contribution < 1.29 is 4.92 Å². The maximum atomic E-state index is 11.1. The highest BCUT2D eigenvalue weighted by Gasteiger charge is 2.53. The molecule has 4 rings (SSSR count). The van der Waals surface area contributed by atoms with E-state index in [0.29, 0.717) is 6.04 Å². The fourth-order valence-electron chi connectivity index (χ4n) is 5.34. The zero-order valence-corrected chi connectivity index (χ0v) is 12.4. The number of hydrogen-bond acceptors (Lipinski definition) is 3. The highest BCUT2D eigenvalue weighted by molar-refractivity contribution is 5.55. The summed E-state index contributed by atoms with van der Waals surface area (Å²) in [6.45, 7) is 1.79. The maximum absolute atomic E-state index is 11.1. The monoisotopic (exact) mass is 286 g/mol. The first-order valence-corrected chi connectivity index (χ1v) is 8.15. The number of anilines is 1. The number of aryl methyl sites for hydroxylation is 1. The lowest BCUT2D eigenvalue weighted by atomic mass is 9.79. The van der Waals surface area contributed by atoms with E-state index >= 15 is 0 Å². The van der Waals surface area contributed by atoms with Gasteiger partial charge in [-0.25, -0.2) is 0 Å². The van der Waals surface area contributed by atoms with Crippen molar-refractivity contribution in [3.8, 4) is 0 Å². The van der Waals surface area contributed by atoms with E-state index in [0.717, 1.165) is 34.9 Å². The minimum Gasteiger partial charge on any atom is -0.382 e. The molecule has 3 saturated carbocycles. The minimum absolute atomic E-state index is 0.224. The van der Waals surface area contributed by atoms with Gasteiger partial charge in [0.1, 0.15) is 0 Å². The van der Waals surface area contributed by atoms with Gasteiger partial charge in [0.15, 0.2) is 0 Å². The third-order valence-corrected chi connectivity index (χ3v) is 6.19. The van der Waals surface area contributed by atoms with Gasteiger partial charge in [-0.2, -0.15) is 0 Å². The lowest BCUT2D eigenvalue weighted by Crippen LogP contribution is -2.33. The van der Waals surface area contributed by atoms with Gasteiger partial charge in [0.05, 0.1) is 4.92 Å². The molecule has 3 aliphatic carbocycles. The van der Waals surface area contributed by atoms with Crippen LogP contribution in [0.3, 0.4) is 0 Å². The number of nitrogens with zero attached hydrogens (tertiary/aromatic N) is 1. The number of rotatable bonds is 3. The van der Waals surface area contributed by atoms with Gasteiger partial charge < -0.3 is 5.32 Å². The molecular weight excluding hydrogens is 264 g/mol. The molecule has 5 atom stereocenters.